The minimum Gasteiger partial charge on any atom is -0.507 e. The van der Waals surface area contributed by atoms with Crippen molar-refractivity contribution >= 4 is 16.7 Å². The second-order valence-electron chi connectivity index (χ2n) is 6.01. The van der Waals surface area contributed by atoms with Gasteiger partial charge in [-0.1, -0.05) is 30.3 Å². The van der Waals surface area contributed by atoms with Crippen molar-refractivity contribution in [3.63, 3.8) is 0 Å². The van der Waals surface area contributed by atoms with Crippen molar-refractivity contribution in [2.75, 3.05) is 7.11 Å². The quantitative estimate of drug-likeness (QED) is 0.783. The molecule has 0 fully saturated rings. The number of nitrogens with zero attached hydrogens (tertiary/aromatic N) is 1. The number of phenols is 1. The van der Waals surface area contributed by atoms with E-state index in [9.17, 15) is 9.90 Å². The highest BCUT2D eigenvalue weighted by molar-refractivity contribution is 6.01. The number of aromatic hydroxyl groups is 1. The Morgan fingerprint density at radius 3 is 2.38 bits per heavy atom. The first-order valence-corrected chi connectivity index (χ1v) is 7.82. The van der Waals surface area contributed by atoms with Crippen molar-refractivity contribution in [2.24, 2.45) is 0 Å². The Kier molecular flexibility index (Phi) is 3.38. The molecule has 0 radical (unpaired) electrons. The second kappa shape index (κ2) is 5.57. The van der Waals surface area contributed by atoms with Crippen LogP contribution in [-0.2, 0) is 13.1 Å². The minimum atomic E-state index is -0.159. The molecule has 4 rings (SSSR count). The van der Waals surface area contributed by atoms with Crippen LogP contribution in [0.15, 0.2) is 54.6 Å². The maximum Gasteiger partial charge on any atom is 0.258 e. The normalized spacial score (nSPS) is 13.1. The molecular formula is C20H17NO3. The summed E-state index contributed by atoms with van der Waals surface area (Å²) in [7, 11) is 1.61. The summed E-state index contributed by atoms with van der Waals surface area (Å²) in [5, 5.41) is 12.0. The van der Waals surface area contributed by atoms with Crippen molar-refractivity contribution < 1.29 is 14.6 Å². The van der Waals surface area contributed by atoms with Gasteiger partial charge in [0.25, 0.3) is 5.91 Å². The molecule has 3 aromatic carbocycles. The summed E-state index contributed by atoms with van der Waals surface area (Å²) >= 11 is 0. The molecule has 0 bridgehead atoms. The third-order valence-electron chi connectivity index (χ3n) is 4.52. The number of phenolic OH excluding ortho intramolecular Hbond substituents is 1. The lowest BCUT2D eigenvalue weighted by Crippen LogP contribution is -2.25. The number of methoxy groups -OCH3 is 1. The van der Waals surface area contributed by atoms with E-state index in [1.165, 1.54) is 0 Å². The Balaban J connectivity index is 1.71. The van der Waals surface area contributed by atoms with Crippen molar-refractivity contribution in [2.45, 2.75) is 13.1 Å². The fourth-order valence-electron chi connectivity index (χ4n) is 3.21. The van der Waals surface area contributed by atoms with Crippen molar-refractivity contribution in [1.29, 1.82) is 0 Å². The zero-order valence-corrected chi connectivity index (χ0v) is 13.3. The topological polar surface area (TPSA) is 49.8 Å². The first-order chi connectivity index (χ1) is 11.7. The molecule has 1 heterocycles. The average Bonchev–Trinajstić information content (AvgIpc) is 3.04. The zero-order valence-electron chi connectivity index (χ0n) is 13.3. The monoisotopic (exact) mass is 319 g/mol. The molecule has 0 aliphatic carbocycles. The van der Waals surface area contributed by atoms with Crippen LogP contribution in [0.4, 0.5) is 0 Å². The Bertz CT molecular complexity index is 924. The van der Waals surface area contributed by atoms with E-state index in [-0.39, 0.29) is 11.7 Å². The Hall–Kier alpha value is -3.01. The van der Waals surface area contributed by atoms with E-state index in [1.54, 1.807) is 24.1 Å². The fraction of sp³-hybridized carbons (Fsp3) is 0.150. The number of benzene rings is 3. The van der Waals surface area contributed by atoms with Gasteiger partial charge < -0.3 is 14.7 Å². The highest BCUT2D eigenvalue weighted by Gasteiger charge is 2.25. The zero-order chi connectivity index (χ0) is 16.7. The van der Waals surface area contributed by atoms with Crippen LogP contribution in [0, 0.1) is 0 Å². The van der Waals surface area contributed by atoms with E-state index in [0.717, 1.165) is 27.6 Å². The van der Waals surface area contributed by atoms with E-state index in [0.29, 0.717) is 18.7 Å². The predicted molar refractivity (Wildman–Crippen MR) is 92.2 cm³/mol. The summed E-state index contributed by atoms with van der Waals surface area (Å²) in [6, 6.07) is 17.0. The molecule has 1 amide bonds. The van der Waals surface area contributed by atoms with Crippen LogP contribution in [0.5, 0.6) is 11.5 Å². The molecule has 4 nitrogen and oxygen atoms in total. The van der Waals surface area contributed by atoms with Gasteiger partial charge >= 0.3 is 0 Å². The summed E-state index contributed by atoms with van der Waals surface area (Å²) in [5.74, 6) is 0.571. The van der Waals surface area contributed by atoms with Crippen LogP contribution in [0.2, 0.25) is 0 Å². The number of rotatable bonds is 2. The highest BCUT2D eigenvalue weighted by atomic mass is 16.5. The predicted octanol–water partition coefficient (Wildman–Crippen LogP) is 3.71. The summed E-state index contributed by atoms with van der Waals surface area (Å²) in [6.45, 7) is 1.15. The molecule has 0 spiro atoms. The third-order valence-corrected chi connectivity index (χ3v) is 4.52. The van der Waals surface area contributed by atoms with E-state index in [4.69, 9.17) is 4.74 Å². The maximum atomic E-state index is 12.9. The SMILES string of the molecule is COc1ccc2cc(O)c(C(=O)N3Cc4ccccc4C3)cc2c1. The van der Waals surface area contributed by atoms with Gasteiger partial charge in [0.05, 0.1) is 12.7 Å². The summed E-state index contributed by atoms with van der Waals surface area (Å²) in [5.41, 5.74) is 2.64. The van der Waals surface area contributed by atoms with E-state index >= 15 is 0 Å². The number of carbonyl (C=O) groups excluding carboxylic acids is 1. The lowest BCUT2D eigenvalue weighted by atomic mass is 10.0. The van der Waals surface area contributed by atoms with Crippen molar-refractivity contribution in [1.82, 2.24) is 4.90 Å². The van der Waals surface area contributed by atoms with Crippen LogP contribution in [0.25, 0.3) is 10.8 Å². The number of amides is 1. The second-order valence-corrected chi connectivity index (χ2v) is 6.01. The number of carbonyl (C=O) groups is 1. The molecule has 1 aliphatic heterocycles. The summed E-state index contributed by atoms with van der Waals surface area (Å²) in [6.07, 6.45) is 0. The number of ether oxygens (including phenoxy) is 1. The third kappa shape index (κ3) is 2.36. The Morgan fingerprint density at radius 1 is 1.00 bits per heavy atom. The van der Waals surface area contributed by atoms with Gasteiger partial charge in [0.1, 0.15) is 11.5 Å². The minimum absolute atomic E-state index is 0.00798. The molecule has 0 aromatic heterocycles. The molecule has 1 N–H and O–H groups in total. The Labute approximate surface area is 139 Å². The van der Waals surface area contributed by atoms with E-state index in [2.05, 4.69) is 0 Å². The number of hydrogen-bond donors (Lipinski definition) is 1. The molecular weight excluding hydrogens is 302 g/mol. The van der Waals surface area contributed by atoms with Gasteiger partial charge in [0, 0.05) is 13.1 Å². The molecule has 1 aliphatic rings. The average molecular weight is 319 g/mol. The van der Waals surface area contributed by atoms with Gasteiger partial charge in [-0.05, 0) is 46.2 Å². The molecule has 0 saturated heterocycles. The number of fused-ring (bicyclic) bond motifs is 2. The van der Waals surface area contributed by atoms with E-state index in [1.807, 2.05) is 42.5 Å². The fourth-order valence-corrected chi connectivity index (χ4v) is 3.21. The summed E-state index contributed by atoms with van der Waals surface area (Å²) < 4.78 is 5.24. The van der Waals surface area contributed by atoms with Crippen LogP contribution in [0.3, 0.4) is 0 Å². The first-order valence-electron chi connectivity index (χ1n) is 7.82. The Morgan fingerprint density at radius 2 is 1.71 bits per heavy atom. The molecule has 24 heavy (non-hydrogen) atoms. The molecule has 0 saturated carbocycles. The van der Waals surface area contributed by atoms with Gasteiger partial charge in [-0.3, -0.25) is 4.79 Å². The van der Waals surface area contributed by atoms with Gasteiger partial charge in [-0.2, -0.15) is 0 Å². The molecule has 0 atom stereocenters. The van der Waals surface area contributed by atoms with E-state index < -0.39 is 0 Å². The van der Waals surface area contributed by atoms with Crippen molar-refractivity contribution in [3.05, 3.63) is 71.3 Å². The molecule has 3 aromatic rings. The lowest BCUT2D eigenvalue weighted by Gasteiger charge is -2.17. The van der Waals surface area contributed by atoms with Gasteiger partial charge in [0.15, 0.2) is 0 Å². The molecule has 120 valence electrons. The highest BCUT2D eigenvalue weighted by Crippen LogP contribution is 2.31. The molecule has 4 heteroatoms. The largest absolute Gasteiger partial charge is 0.507 e. The first kappa shape index (κ1) is 14.6. The van der Waals surface area contributed by atoms with Crippen LogP contribution in [-0.4, -0.2) is 23.0 Å². The standard InChI is InChI=1S/C20H17NO3/c1-24-17-7-6-13-10-19(22)18(9-16(13)8-17)20(23)21-11-14-4-2-3-5-15(14)12-21/h2-10,22H,11-12H2,1H3. The van der Waals surface area contributed by atoms with Crippen LogP contribution >= 0.6 is 0 Å². The smallest absolute Gasteiger partial charge is 0.258 e. The maximum absolute atomic E-state index is 12.9. The lowest BCUT2D eigenvalue weighted by molar-refractivity contribution is 0.0748. The van der Waals surface area contributed by atoms with Gasteiger partial charge in [-0.15, -0.1) is 0 Å². The van der Waals surface area contributed by atoms with Gasteiger partial charge in [0.2, 0.25) is 0 Å². The van der Waals surface area contributed by atoms with Crippen LogP contribution < -0.4 is 4.74 Å². The number of hydrogen-bond acceptors (Lipinski definition) is 3. The summed E-state index contributed by atoms with van der Waals surface area (Å²) in [4.78, 5) is 14.6. The molecule has 0 unspecified atom stereocenters. The van der Waals surface area contributed by atoms with Crippen molar-refractivity contribution in [3.8, 4) is 11.5 Å². The van der Waals surface area contributed by atoms with Gasteiger partial charge in [-0.25, -0.2) is 0 Å². The van der Waals surface area contributed by atoms with Crippen LogP contribution in [0.1, 0.15) is 21.5 Å².